The van der Waals surface area contributed by atoms with E-state index in [1.165, 1.54) is 38.5 Å². The SMILES string of the molecule is COc1cc(CC(Br)C2CCCCCC2)ncn1. The molecule has 0 aromatic carbocycles. The predicted molar refractivity (Wildman–Crippen MR) is 76.2 cm³/mol. The summed E-state index contributed by atoms with van der Waals surface area (Å²) in [4.78, 5) is 8.89. The maximum absolute atomic E-state index is 5.14. The molecule has 1 unspecified atom stereocenters. The van der Waals surface area contributed by atoms with Gasteiger partial charge < -0.3 is 4.74 Å². The Balaban J connectivity index is 1.94. The van der Waals surface area contributed by atoms with Gasteiger partial charge in [-0.2, -0.15) is 0 Å². The van der Waals surface area contributed by atoms with E-state index in [1.807, 2.05) is 6.07 Å². The monoisotopic (exact) mass is 312 g/mol. The van der Waals surface area contributed by atoms with Crippen molar-refractivity contribution in [1.82, 2.24) is 9.97 Å². The van der Waals surface area contributed by atoms with Crippen molar-refractivity contribution in [3.8, 4) is 5.88 Å². The first kappa shape index (κ1) is 13.8. The first-order valence-electron chi connectivity index (χ1n) is 6.78. The third-order valence-corrected chi connectivity index (χ3v) is 4.79. The highest BCUT2D eigenvalue weighted by Crippen LogP contribution is 2.30. The van der Waals surface area contributed by atoms with Crippen LogP contribution in [0.2, 0.25) is 0 Å². The van der Waals surface area contributed by atoms with Crippen LogP contribution < -0.4 is 4.74 Å². The largest absolute Gasteiger partial charge is 0.481 e. The quantitative estimate of drug-likeness (QED) is 0.627. The molecule has 1 fully saturated rings. The number of aromatic nitrogens is 2. The molecule has 1 aliphatic rings. The van der Waals surface area contributed by atoms with Gasteiger partial charge >= 0.3 is 0 Å². The van der Waals surface area contributed by atoms with Gasteiger partial charge in [-0.25, -0.2) is 9.97 Å². The van der Waals surface area contributed by atoms with Crippen molar-refractivity contribution in [1.29, 1.82) is 0 Å². The summed E-state index contributed by atoms with van der Waals surface area (Å²) in [5.41, 5.74) is 1.06. The number of nitrogens with zero attached hydrogens (tertiary/aromatic N) is 2. The maximum atomic E-state index is 5.14. The Morgan fingerprint density at radius 1 is 1.28 bits per heavy atom. The van der Waals surface area contributed by atoms with Gasteiger partial charge in [0.15, 0.2) is 0 Å². The van der Waals surface area contributed by atoms with Crippen LogP contribution in [-0.4, -0.2) is 21.9 Å². The lowest BCUT2D eigenvalue weighted by Crippen LogP contribution is -2.17. The topological polar surface area (TPSA) is 35.0 Å². The van der Waals surface area contributed by atoms with Gasteiger partial charge in [-0.1, -0.05) is 41.6 Å². The lowest BCUT2D eigenvalue weighted by Gasteiger charge is -2.20. The minimum absolute atomic E-state index is 0.523. The summed E-state index contributed by atoms with van der Waals surface area (Å²) < 4.78 is 5.14. The van der Waals surface area contributed by atoms with Crippen LogP contribution >= 0.6 is 15.9 Å². The smallest absolute Gasteiger partial charge is 0.216 e. The molecule has 1 aliphatic carbocycles. The van der Waals surface area contributed by atoms with Gasteiger partial charge in [-0.3, -0.25) is 0 Å². The van der Waals surface area contributed by atoms with E-state index in [1.54, 1.807) is 13.4 Å². The number of ether oxygens (including phenoxy) is 1. The van der Waals surface area contributed by atoms with Gasteiger partial charge in [-0.15, -0.1) is 0 Å². The van der Waals surface area contributed by atoms with E-state index < -0.39 is 0 Å². The van der Waals surface area contributed by atoms with Crippen molar-refractivity contribution in [3.63, 3.8) is 0 Å². The molecule has 2 rings (SSSR count). The van der Waals surface area contributed by atoms with Crippen LogP contribution in [0.3, 0.4) is 0 Å². The normalized spacial score (nSPS) is 19.2. The van der Waals surface area contributed by atoms with Crippen LogP contribution in [0.4, 0.5) is 0 Å². The highest BCUT2D eigenvalue weighted by molar-refractivity contribution is 9.09. The molecule has 4 heteroatoms. The fraction of sp³-hybridized carbons (Fsp3) is 0.714. The Hall–Kier alpha value is -0.640. The molecule has 1 aromatic heterocycles. The van der Waals surface area contributed by atoms with E-state index in [0.29, 0.717) is 10.7 Å². The van der Waals surface area contributed by atoms with Gasteiger partial charge in [0, 0.05) is 23.0 Å². The average molecular weight is 313 g/mol. The van der Waals surface area contributed by atoms with Crippen LogP contribution in [0, 0.1) is 5.92 Å². The lowest BCUT2D eigenvalue weighted by atomic mass is 9.94. The molecule has 0 bridgehead atoms. The fourth-order valence-electron chi connectivity index (χ4n) is 2.64. The Morgan fingerprint density at radius 2 is 2.00 bits per heavy atom. The van der Waals surface area contributed by atoms with Crippen molar-refractivity contribution in [2.24, 2.45) is 5.92 Å². The summed E-state index contributed by atoms with van der Waals surface area (Å²) >= 11 is 3.86. The van der Waals surface area contributed by atoms with E-state index >= 15 is 0 Å². The summed E-state index contributed by atoms with van der Waals surface area (Å²) in [6, 6.07) is 1.94. The Labute approximate surface area is 117 Å². The van der Waals surface area contributed by atoms with Crippen molar-refractivity contribution in [3.05, 3.63) is 18.1 Å². The zero-order valence-corrected chi connectivity index (χ0v) is 12.5. The molecule has 1 atom stereocenters. The van der Waals surface area contributed by atoms with Crippen molar-refractivity contribution >= 4 is 15.9 Å². The van der Waals surface area contributed by atoms with Gasteiger partial charge in [-0.05, 0) is 18.8 Å². The summed E-state index contributed by atoms with van der Waals surface area (Å²) in [5, 5.41) is 0. The van der Waals surface area contributed by atoms with E-state index in [9.17, 15) is 0 Å². The number of alkyl halides is 1. The van der Waals surface area contributed by atoms with Crippen LogP contribution in [0.15, 0.2) is 12.4 Å². The molecule has 0 amide bonds. The minimum atomic E-state index is 0.523. The first-order chi connectivity index (χ1) is 8.79. The highest BCUT2D eigenvalue weighted by atomic mass is 79.9. The van der Waals surface area contributed by atoms with Crippen LogP contribution in [0.5, 0.6) is 5.88 Å². The minimum Gasteiger partial charge on any atom is -0.481 e. The summed E-state index contributed by atoms with van der Waals surface area (Å²) in [5.74, 6) is 1.44. The van der Waals surface area contributed by atoms with E-state index in [0.717, 1.165) is 18.0 Å². The molecule has 18 heavy (non-hydrogen) atoms. The van der Waals surface area contributed by atoms with Crippen molar-refractivity contribution in [2.45, 2.75) is 49.8 Å². The van der Waals surface area contributed by atoms with Crippen LogP contribution in [0.1, 0.15) is 44.2 Å². The number of hydrogen-bond acceptors (Lipinski definition) is 3. The molecule has 100 valence electrons. The Morgan fingerprint density at radius 3 is 2.67 bits per heavy atom. The van der Waals surface area contributed by atoms with Gasteiger partial charge in [0.05, 0.1) is 7.11 Å². The molecule has 1 saturated carbocycles. The molecule has 0 radical (unpaired) electrons. The van der Waals surface area contributed by atoms with E-state index in [2.05, 4.69) is 25.9 Å². The van der Waals surface area contributed by atoms with Crippen LogP contribution in [-0.2, 0) is 6.42 Å². The number of halogens is 1. The summed E-state index contributed by atoms with van der Waals surface area (Å²) in [7, 11) is 1.64. The summed E-state index contributed by atoms with van der Waals surface area (Å²) in [6.07, 6.45) is 10.8. The van der Waals surface area contributed by atoms with Gasteiger partial charge in [0.2, 0.25) is 5.88 Å². The Kier molecular flexibility index (Phi) is 5.42. The second-order valence-electron chi connectivity index (χ2n) is 5.02. The number of rotatable bonds is 4. The highest BCUT2D eigenvalue weighted by Gasteiger charge is 2.21. The summed E-state index contributed by atoms with van der Waals surface area (Å²) in [6.45, 7) is 0. The number of methoxy groups -OCH3 is 1. The lowest BCUT2D eigenvalue weighted by molar-refractivity contribution is 0.394. The van der Waals surface area contributed by atoms with Gasteiger partial charge in [0.1, 0.15) is 6.33 Å². The molecule has 1 aromatic rings. The fourth-order valence-corrected chi connectivity index (χ4v) is 3.50. The molecule has 3 nitrogen and oxygen atoms in total. The standard InChI is InChI=1S/C14H21BrN2O/c1-18-14-9-12(16-10-17-14)8-13(15)11-6-4-2-3-5-7-11/h9-11,13H,2-8H2,1H3. The first-order valence-corrected chi connectivity index (χ1v) is 7.70. The average Bonchev–Trinajstić information content (AvgIpc) is 2.68. The van der Waals surface area contributed by atoms with E-state index in [4.69, 9.17) is 4.74 Å². The molecule has 0 spiro atoms. The maximum Gasteiger partial charge on any atom is 0.216 e. The van der Waals surface area contributed by atoms with Crippen LogP contribution in [0.25, 0.3) is 0 Å². The zero-order chi connectivity index (χ0) is 12.8. The third-order valence-electron chi connectivity index (χ3n) is 3.72. The zero-order valence-electron chi connectivity index (χ0n) is 10.9. The van der Waals surface area contributed by atoms with E-state index in [-0.39, 0.29) is 0 Å². The molecule has 0 aliphatic heterocycles. The molecular formula is C14H21BrN2O. The third kappa shape index (κ3) is 3.94. The predicted octanol–water partition coefficient (Wildman–Crippen LogP) is 3.76. The van der Waals surface area contributed by atoms with Crippen molar-refractivity contribution < 1.29 is 4.74 Å². The molecule has 0 saturated heterocycles. The Bertz CT molecular complexity index is 365. The van der Waals surface area contributed by atoms with Crippen molar-refractivity contribution in [2.75, 3.05) is 7.11 Å². The molecular weight excluding hydrogens is 292 g/mol. The van der Waals surface area contributed by atoms with Gasteiger partial charge in [0.25, 0.3) is 0 Å². The second-order valence-corrected chi connectivity index (χ2v) is 6.20. The molecule has 1 heterocycles. The molecule has 0 N–H and O–H groups in total. The second kappa shape index (κ2) is 7.07. The number of hydrogen-bond donors (Lipinski definition) is 0.